The molecule has 0 spiro atoms. The van der Waals surface area contributed by atoms with Crippen LogP contribution in [0.5, 0.6) is 0 Å². The van der Waals surface area contributed by atoms with E-state index in [0.717, 1.165) is 33.4 Å². The number of aromatic nitrogens is 6. The average molecular weight is 641 g/mol. The maximum absolute atomic E-state index is 11.8. The molecule has 4 aromatic rings. The standard InChI is InChI=1S/C17H23N5O2.C17H21N5O/c1-16(2,14(18)23)12-5-11(8-22-10-20-9-21-22)6-13(7-12)17(3,4)15(19)24;1-16(2,9-18)13-5-12(8-22-11-20-10-21-22)6-14(7-13)17(3,4)15(19)23/h5-7,9-10H,8H2,1-4H3,(H2,18,23)(H2,19,24);5-7,10-11H,8H2,1-4H3,(H2,19,23). The molecule has 0 aliphatic carbocycles. The van der Waals surface area contributed by atoms with E-state index in [1.165, 1.54) is 12.7 Å². The lowest BCUT2D eigenvalue weighted by atomic mass is 9.77. The number of hydrogen-bond acceptors (Lipinski definition) is 8. The van der Waals surface area contributed by atoms with Crippen molar-refractivity contribution >= 4 is 17.7 Å². The summed E-state index contributed by atoms with van der Waals surface area (Å²) >= 11 is 0. The van der Waals surface area contributed by atoms with Crippen LogP contribution < -0.4 is 17.2 Å². The van der Waals surface area contributed by atoms with Gasteiger partial charge < -0.3 is 17.2 Å². The van der Waals surface area contributed by atoms with Crippen LogP contribution in [-0.4, -0.2) is 47.3 Å². The van der Waals surface area contributed by atoms with Crippen molar-refractivity contribution in [3.05, 3.63) is 95.1 Å². The van der Waals surface area contributed by atoms with Crippen LogP contribution in [0.3, 0.4) is 0 Å². The zero-order chi connectivity index (χ0) is 35.4. The molecule has 2 aromatic heterocycles. The molecule has 0 atom stereocenters. The number of hydrogen-bond donors (Lipinski definition) is 3. The predicted molar refractivity (Wildman–Crippen MR) is 176 cm³/mol. The van der Waals surface area contributed by atoms with Crippen molar-refractivity contribution in [2.45, 2.75) is 90.1 Å². The highest BCUT2D eigenvalue weighted by Gasteiger charge is 2.33. The van der Waals surface area contributed by atoms with E-state index in [1.807, 2.05) is 50.2 Å². The van der Waals surface area contributed by atoms with Crippen LogP contribution in [0.2, 0.25) is 0 Å². The Morgan fingerprint density at radius 1 is 0.617 bits per heavy atom. The summed E-state index contributed by atoms with van der Waals surface area (Å²) in [5, 5.41) is 17.6. The monoisotopic (exact) mass is 640 g/mol. The van der Waals surface area contributed by atoms with Gasteiger partial charge in [0.05, 0.1) is 40.8 Å². The van der Waals surface area contributed by atoms with E-state index in [4.69, 9.17) is 17.2 Å². The zero-order valence-corrected chi connectivity index (χ0v) is 28.3. The minimum absolute atomic E-state index is 0.406. The highest BCUT2D eigenvalue weighted by atomic mass is 16.2. The zero-order valence-electron chi connectivity index (χ0n) is 28.3. The Labute approximate surface area is 275 Å². The Morgan fingerprint density at radius 2 is 0.936 bits per heavy atom. The average Bonchev–Trinajstić information content (AvgIpc) is 3.71. The van der Waals surface area contributed by atoms with E-state index in [0.29, 0.717) is 13.1 Å². The van der Waals surface area contributed by atoms with E-state index in [9.17, 15) is 19.6 Å². The molecule has 0 saturated carbocycles. The van der Waals surface area contributed by atoms with Crippen LogP contribution in [0.1, 0.15) is 88.8 Å². The second-order valence-corrected chi connectivity index (χ2v) is 13.7. The molecule has 0 unspecified atom stereocenters. The summed E-state index contributed by atoms with van der Waals surface area (Å²) < 4.78 is 3.36. The van der Waals surface area contributed by atoms with Crippen molar-refractivity contribution in [2.75, 3.05) is 0 Å². The third-order valence-corrected chi connectivity index (χ3v) is 8.62. The fourth-order valence-electron chi connectivity index (χ4n) is 4.50. The Balaban J connectivity index is 0.000000256. The molecule has 47 heavy (non-hydrogen) atoms. The molecule has 3 amide bonds. The maximum Gasteiger partial charge on any atom is 0.227 e. The van der Waals surface area contributed by atoms with Crippen molar-refractivity contribution in [1.82, 2.24) is 29.5 Å². The Bertz CT molecular complexity index is 1740. The van der Waals surface area contributed by atoms with Gasteiger partial charge in [-0.15, -0.1) is 0 Å². The highest BCUT2D eigenvalue weighted by Crippen LogP contribution is 2.32. The number of nitrogens with two attached hydrogens (primary N) is 3. The van der Waals surface area contributed by atoms with E-state index < -0.39 is 39.4 Å². The highest BCUT2D eigenvalue weighted by molar-refractivity contribution is 5.88. The lowest BCUT2D eigenvalue weighted by molar-refractivity contribution is -0.123. The fraction of sp³-hybridized carbons (Fsp3) is 0.412. The van der Waals surface area contributed by atoms with Gasteiger partial charge in [-0.05, 0) is 88.8 Å². The molecule has 0 aliphatic rings. The summed E-state index contributed by atoms with van der Waals surface area (Å²) in [5.41, 5.74) is 18.4. The molecule has 13 heteroatoms. The molecule has 2 aromatic carbocycles. The van der Waals surface area contributed by atoms with Crippen LogP contribution in [0, 0.1) is 11.3 Å². The molecule has 0 bridgehead atoms. The van der Waals surface area contributed by atoms with E-state index >= 15 is 0 Å². The molecular formula is C34H44N10O3. The summed E-state index contributed by atoms with van der Waals surface area (Å²) in [5.74, 6) is -1.29. The predicted octanol–water partition coefficient (Wildman–Crippen LogP) is 2.74. The third kappa shape index (κ3) is 8.26. The Morgan fingerprint density at radius 3 is 1.21 bits per heavy atom. The minimum atomic E-state index is -0.874. The van der Waals surface area contributed by atoms with E-state index in [2.05, 4.69) is 26.2 Å². The summed E-state index contributed by atoms with van der Waals surface area (Å²) in [6.45, 7) is 15.3. The van der Waals surface area contributed by atoms with E-state index in [-0.39, 0.29) is 0 Å². The number of benzene rings is 2. The van der Waals surface area contributed by atoms with Crippen molar-refractivity contribution in [3.8, 4) is 6.07 Å². The van der Waals surface area contributed by atoms with Crippen LogP contribution in [0.4, 0.5) is 0 Å². The number of rotatable bonds is 11. The number of nitriles is 1. The third-order valence-electron chi connectivity index (χ3n) is 8.62. The van der Waals surface area contributed by atoms with Crippen molar-refractivity contribution < 1.29 is 14.4 Å². The quantitative estimate of drug-likeness (QED) is 0.221. The second-order valence-electron chi connectivity index (χ2n) is 13.7. The first kappa shape index (κ1) is 36.1. The second kappa shape index (κ2) is 13.5. The molecule has 4 rings (SSSR count). The van der Waals surface area contributed by atoms with Crippen LogP contribution in [-0.2, 0) is 49.1 Å². The van der Waals surface area contributed by atoms with E-state index in [1.54, 1.807) is 63.6 Å². The first-order valence-electron chi connectivity index (χ1n) is 15.0. The van der Waals surface area contributed by atoms with Gasteiger partial charge in [-0.2, -0.15) is 15.5 Å². The number of nitrogens with zero attached hydrogens (tertiary/aromatic N) is 7. The first-order chi connectivity index (χ1) is 21.7. The van der Waals surface area contributed by atoms with Gasteiger partial charge in [0.1, 0.15) is 25.3 Å². The largest absolute Gasteiger partial charge is 0.369 e. The summed E-state index contributed by atoms with van der Waals surface area (Å²) in [6.07, 6.45) is 6.15. The van der Waals surface area contributed by atoms with Crippen molar-refractivity contribution in [1.29, 1.82) is 5.26 Å². The number of primary amides is 3. The number of amides is 3. The van der Waals surface area contributed by atoms with Gasteiger partial charge in [-0.3, -0.25) is 14.4 Å². The molecule has 6 N–H and O–H groups in total. The molecule has 2 heterocycles. The van der Waals surface area contributed by atoms with Gasteiger partial charge in [0.2, 0.25) is 17.7 Å². The van der Waals surface area contributed by atoms with Crippen LogP contribution in [0.15, 0.2) is 61.7 Å². The normalized spacial score (nSPS) is 12.1. The topological polar surface area (TPSA) is 214 Å². The SMILES string of the molecule is CC(C)(C#N)c1cc(Cn2cncn2)cc(C(C)(C)C(N)=O)c1.CC(C)(C(N)=O)c1cc(Cn2cncn2)cc(C(C)(C)C(N)=O)c1. The van der Waals surface area contributed by atoms with Gasteiger partial charge in [-0.1, -0.05) is 36.4 Å². The smallest absolute Gasteiger partial charge is 0.227 e. The number of carbonyl (C=O) groups is 3. The Hall–Kier alpha value is -5.38. The van der Waals surface area contributed by atoms with Crippen molar-refractivity contribution in [3.63, 3.8) is 0 Å². The lowest BCUT2D eigenvalue weighted by Crippen LogP contribution is -2.38. The van der Waals surface area contributed by atoms with Gasteiger partial charge in [0.15, 0.2) is 0 Å². The number of carbonyl (C=O) groups excluding carboxylic acids is 3. The summed E-state index contributed by atoms with van der Waals surface area (Å²) in [6, 6.07) is 13.7. The molecular weight excluding hydrogens is 596 g/mol. The van der Waals surface area contributed by atoms with Gasteiger partial charge in [0.25, 0.3) is 0 Å². The lowest BCUT2D eigenvalue weighted by Gasteiger charge is -2.27. The molecule has 0 saturated heterocycles. The summed E-state index contributed by atoms with van der Waals surface area (Å²) in [7, 11) is 0. The molecule has 0 radical (unpaired) electrons. The van der Waals surface area contributed by atoms with Crippen LogP contribution >= 0.6 is 0 Å². The van der Waals surface area contributed by atoms with Gasteiger partial charge in [0, 0.05) is 0 Å². The molecule has 248 valence electrons. The molecule has 0 fully saturated rings. The molecule has 13 nitrogen and oxygen atoms in total. The minimum Gasteiger partial charge on any atom is -0.369 e. The molecule has 0 aliphatic heterocycles. The first-order valence-corrected chi connectivity index (χ1v) is 15.0. The van der Waals surface area contributed by atoms with Gasteiger partial charge >= 0.3 is 0 Å². The Kier molecular flexibility index (Phi) is 10.4. The van der Waals surface area contributed by atoms with Gasteiger partial charge in [-0.25, -0.2) is 19.3 Å². The van der Waals surface area contributed by atoms with Crippen LogP contribution in [0.25, 0.3) is 0 Å². The maximum atomic E-state index is 11.8. The fourth-order valence-corrected chi connectivity index (χ4v) is 4.50. The van der Waals surface area contributed by atoms with Crippen molar-refractivity contribution in [2.24, 2.45) is 17.2 Å². The summed E-state index contributed by atoms with van der Waals surface area (Å²) in [4.78, 5) is 43.4.